The zero-order valence-electron chi connectivity index (χ0n) is 18.6. The summed E-state index contributed by atoms with van der Waals surface area (Å²) in [5.41, 5.74) is 2.80. The second-order valence-corrected chi connectivity index (χ2v) is 7.22. The number of benzene rings is 2. The van der Waals surface area contributed by atoms with Crippen molar-refractivity contribution in [3.05, 3.63) is 58.9 Å². The molecule has 0 amide bonds. The van der Waals surface area contributed by atoms with Crippen LogP contribution in [0.15, 0.2) is 41.4 Å². The molecule has 0 heterocycles. The molecule has 0 unspecified atom stereocenters. The molecule has 2 aromatic rings. The number of nitrogens with one attached hydrogen (secondary N) is 2. The Kier molecular flexibility index (Phi) is 9.41. The van der Waals surface area contributed by atoms with Gasteiger partial charge in [0.2, 0.25) is 0 Å². The van der Waals surface area contributed by atoms with Crippen molar-refractivity contribution in [1.29, 1.82) is 0 Å². The highest BCUT2D eigenvalue weighted by Crippen LogP contribution is 2.27. The first-order valence-corrected chi connectivity index (χ1v) is 10.1. The fraction of sp³-hybridized carbons (Fsp3) is 0.435. The maximum absolute atomic E-state index is 14.0. The summed E-state index contributed by atoms with van der Waals surface area (Å²) in [6.45, 7) is 4.55. The van der Waals surface area contributed by atoms with Crippen LogP contribution in [0.4, 0.5) is 4.39 Å². The van der Waals surface area contributed by atoms with E-state index >= 15 is 0 Å². The van der Waals surface area contributed by atoms with Crippen molar-refractivity contribution in [1.82, 2.24) is 15.5 Å². The molecule has 2 N–H and O–H groups in total. The lowest BCUT2D eigenvalue weighted by Gasteiger charge is -2.13. The van der Waals surface area contributed by atoms with Gasteiger partial charge >= 0.3 is 0 Å². The van der Waals surface area contributed by atoms with Crippen molar-refractivity contribution < 1.29 is 13.9 Å². The Labute approximate surface area is 179 Å². The first-order chi connectivity index (χ1) is 14.5. The lowest BCUT2D eigenvalue weighted by molar-refractivity contribution is 0.354. The van der Waals surface area contributed by atoms with Gasteiger partial charge in [-0.15, -0.1) is 0 Å². The van der Waals surface area contributed by atoms with E-state index in [1.807, 2.05) is 50.2 Å². The second kappa shape index (κ2) is 12.0. The number of guanidine groups is 1. The van der Waals surface area contributed by atoms with E-state index < -0.39 is 0 Å². The molecule has 0 fully saturated rings. The Morgan fingerprint density at radius 1 is 1.00 bits per heavy atom. The zero-order chi connectivity index (χ0) is 21.9. The molecule has 0 bridgehead atoms. The van der Waals surface area contributed by atoms with Gasteiger partial charge in [0.1, 0.15) is 5.82 Å². The van der Waals surface area contributed by atoms with Crippen LogP contribution in [0.2, 0.25) is 0 Å². The van der Waals surface area contributed by atoms with Crippen LogP contribution in [-0.2, 0) is 19.5 Å². The van der Waals surface area contributed by atoms with Gasteiger partial charge < -0.3 is 25.0 Å². The number of halogens is 1. The number of ether oxygens (including phenoxy) is 2. The average Bonchev–Trinajstić information content (AvgIpc) is 2.73. The minimum atomic E-state index is -0.184. The Hall–Kier alpha value is -2.80. The average molecular weight is 417 g/mol. The monoisotopic (exact) mass is 416 g/mol. The van der Waals surface area contributed by atoms with Crippen molar-refractivity contribution in [3.63, 3.8) is 0 Å². The van der Waals surface area contributed by atoms with E-state index in [4.69, 9.17) is 9.47 Å². The summed E-state index contributed by atoms with van der Waals surface area (Å²) in [5.74, 6) is 1.99. The lowest BCUT2D eigenvalue weighted by Crippen LogP contribution is -2.38. The SMILES string of the molecule is CCNC(=NCc1ccc(F)c(CN(C)C)c1)NCCc1ccc(OC)c(OC)c1. The van der Waals surface area contributed by atoms with E-state index in [1.165, 1.54) is 6.07 Å². The third-order valence-corrected chi connectivity index (χ3v) is 4.51. The Morgan fingerprint density at radius 2 is 1.73 bits per heavy atom. The largest absolute Gasteiger partial charge is 0.493 e. The lowest BCUT2D eigenvalue weighted by atomic mass is 10.1. The maximum atomic E-state index is 14.0. The van der Waals surface area contributed by atoms with Crippen LogP contribution in [0.1, 0.15) is 23.6 Å². The van der Waals surface area contributed by atoms with Gasteiger partial charge in [0.15, 0.2) is 17.5 Å². The summed E-state index contributed by atoms with van der Waals surface area (Å²) in [6, 6.07) is 11.1. The molecular weight excluding hydrogens is 383 g/mol. The molecule has 30 heavy (non-hydrogen) atoms. The van der Waals surface area contributed by atoms with Gasteiger partial charge in [0.05, 0.1) is 20.8 Å². The van der Waals surface area contributed by atoms with E-state index in [1.54, 1.807) is 20.3 Å². The van der Waals surface area contributed by atoms with Gasteiger partial charge in [-0.05, 0) is 62.8 Å². The molecule has 164 valence electrons. The standard InChI is InChI=1S/C23H33FN4O2/c1-6-25-23(26-12-11-17-8-10-21(29-4)22(14-17)30-5)27-15-18-7-9-20(24)19(13-18)16-28(2)3/h7-10,13-14H,6,11-12,15-16H2,1-5H3,(H2,25,26,27). The van der Waals surface area contributed by atoms with Crippen LogP contribution in [0.5, 0.6) is 11.5 Å². The fourth-order valence-electron chi connectivity index (χ4n) is 3.06. The normalized spacial score (nSPS) is 11.5. The first kappa shape index (κ1) is 23.5. The molecule has 0 aliphatic heterocycles. The Bertz CT molecular complexity index is 840. The van der Waals surface area contributed by atoms with E-state index in [9.17, 15) is 4.39 Å². The number of methoxy groups -OCH3 is 2. The topological polar surface area (TPSA) is 58.1 Å². The number of nitrogens with zero attached hydrogens (tertiary/aromatic N) is 2. The van der Waals surface area contributed by atoms with E-state index in [2.05, 4.69) is 15.6 Å². The molecule has 7 heteroatoms. The maximum Gasteiger partial charge on any atom is 0.191 e. The summed E-state index contributed by atoms with van der Waals surface area (Å²) in [6.07, 6.45) is 0.814. The van der Waals surface area contributed by atoms with Gasteiger partial charge in [-0.25, -0.2) is 9.38 Å². The van der Waals surface area contributed by atoms with Crippen molar-refractivity contribution in [3.8, 4) is 11.5 Å². The molecule has 0 saturated heterocycles. The fourth-order valence-corrected chi connectivity index (χ4v) is 3.06. The highest BCUT2D eigenvalue weighted by Gasteiger charge is 2.07. The summed E-state index contributed by atoms with van der Waals surface area (Å²) in [4.78, 5) is 6.59. The highest BCUT2D eigenvalue weighted by molar-refractivity contribution is 5.79. The summed E-state index contributed by atoms with van der Waals surface area (Å²) in [5, 5.41) is 6.60. The van der Waals surface area contributed by atoms with Crippen LogP contribution in [-0.4, -0.2) is 52.3 Å². The van der Waals surface area contributed by atoms with Crippen LogP contribution >= 0.6 is 0 Å². The van der Waals surface area contributed by atoms with Crippen LogP contribution in [0.3, 0.4) is 0 Å². The molecule has 0 saturated carbocycles. The number of hydrogen-bond acceptors (Lipinski definition) is 4. The second-order valence-electron chi connectivity index (χ2n) is 7.22. The molecule has 0 radical (unpaired) electrons. The van der Waals surface area contributed by atoms with E-state index in [0.29, 0.717) is 18.7 Å². The molecule has 0 aromatic heterocycles. The van der Waals surface area contributed by atoms with Gasteiger partial charge in [-0.3, -0.25) is 0 Å². The molecule has 0 spiro atoms. The quantitative estimate of drug-likeness (QED) is 0.460. The summed E-state index contributed by atoms with van der Waals surface area (Å²) < 4.78 is 24.6. The van der Waals surface area contributed by atoms with Crippen molar-refractivity contribution in [2.45, 2.75) is 26.4 Å². The van der Waals surface area contributed by atoms with Crippen LogP contribution in [0.25, 0.3) is 0 Å². The predicted molar refractivity (Wildman–Crippen MR) is 120 cm³/mol. The highest BCUT2D eigenvalue weighted by atomic mass is 19.1. The van der Waals surface area contributed by atoms with E-state index in [0.717, 1.165) is 48.1 Å². The molecular formula is C23H33FN4O2. The van der Waals surface area contributed by atoms with Crippen LogP contribution in [0, 0.1) is 5.82 Å². The molecule has 2 aromatic carbocycles. The smallest absolute Gasteiger partial charge is 0.191 e. The van der Waals surface area contributed by atoms with E-state index in [-0.39, 0.29) is 5.82 Å². The number of hydrogen-bond donors (Lipinski definition) is 2. The molecule has 2 rings (SSSR count). The van der Waals surface area contributed by atoms with Gasteiger partial charge in [-0.2, -0.15) is 0 Å². The molecule has 0 aliphatic carbocycles. The predicted octanol–water partition coefficient (Wildman–Crippen LogP) is 3.20. The van der Waals surface area contributed by atoms with Gasteiger partial charge in [-0.1, -0.05) is 12.1 Å². The number of aliphatic imine (C=N–C) groups is 1. The van der Waals surface area contributed by atoms with Crippen molar-refractivity contribution in [2.24, 2.45) is 4.99 Å². The van der Waals surface area contributed by atoms with Gasteiger partial charge in [0, 0.05) is 25.2 Å². The van der Waals surface area contributed by atoms with Crippen LogP contribution < -0.4 is 20.1 Å². The van der Waals surface area contributed by atoms with Gasteiger partial charge in [0.25, 0.3) is 0 Å². The van der Waals surface area contributed by atoms with Crippen molar-refractivity contribution >= 4 is 5.96 Å². The number of rotatable bonds is 10. The Balaban J connectivity index is 1.98. The minimum absolute atomic E-state index is 0.184. The zero-order valence-corrected chi connectivity index (χ0v) is 18.6. The van der Waals surface area contributed by atoms with Crippen molar-refractivity contribution in [2.75, 3.05) is 41.4 Å². The summed E-state index contributed by atoms with van der Waals surface area (Å²) in [7, 11) is 7.11. The molecule has 0 aliphatic rings. The third-order valence-electron chi connectivity index (χ3n) is 4.51. The minimum Gasteiger partial charge on any atom is -0.493 e. The molecule has 0 atom stereocenters. The Morgan fingerprint density at radius 3 is 2.40 bits per heavy atom. The first-order valence-electron chi connectivity index (χ1n) is 10.1. The third kappa shape index (κ3) is 7.22. The molecule has 6 nitrogen and oxygen atoms in total. The summed E-state index contributed by atoms with van der Waals surface area (Å²) >= 11 is 0.